The number of benzene rings is 1. The van der Waals surface area contributed by atoms with E-state index in [9.17, 15) is 9.59 Å². The van der Waals surface area contributed by atoms with Crippen molar-refractivity contribution in [1.82, 2.24) is 16.0 Å². The van der Waals surface area contributed by atoms with Gasteiger partial charge in [0.1, 0.15) is 6.04 Å². The molecule has 0 aromatic heterocycles. The Kier molecular flexibility index (Phi) is 8.39. The van der Waals surface area contributed by atoms with Crippen LogP contribution in [0.4, 0.5) is 0 Å². The van der Waals surface area contributed by atoms with Crippen LogP contribution in [-0.2, 0) is 16.0 Å². The Balaban J connectivity index is 0.00000243. The highest BCUT2D eigenvalue weighted by atomic mass is 35.5. The molecule has 1 atom stereocenters. The van der Waals surface area contributed by atoms with Crippen LogP contribution in [0.5, 0.6) is 0 Å². The summed E-state index contributed by atoms with van der Waals surface area (Å²) in [6.07, 6.45) is 6.34. The highest BCUT2D eigenvalue weighted by molar-refractivity contribution is 5.88. The van der Waals surface area contributed by atoms with Crippen LogP contribution in [0.1, 0.15) is 44.1 Å². The predicted octanol–water partition coefficient (Wildman–Crippen LogP) is 2.19. The molecule has 2 amide bonds. The van der Waals surface area contributed by atoms with Gasteiger partial charge in [0.2, 0.25) is 11.8 Å². The van der Waals surface area contributed by atoms with Crippen LogP contribution < -0.4 is 16.0 Å². The van der Waals surface area contributed by atoms with E-state index in [-0.39, 0.29) is 24.2 Å². The second kappa shape index (κ2) is 10.5. The molecule has 1 aromatic carbocycles. The van der Waals surface area contributed by atoms with E-state index in [0.29, 0.717) is 24.8 Å². The quantitative estimate of drug-likeness (QED) is 0.648. The summed E-state index contributed by atoms with van der Waals surface area (Å²) in [5.41, 5.74) is 1.07. The van der Waals surface area contributed by atoms with Gasteiger partial charge in [-0.1, -0.05) is 30.3 Å². The SMILES string of the molecule is Cl.O=C(CCC1CCNCC1)NC(Cc1ccccc1)C(=O)NC1CC1. The molecule has 0 spiro atoms. The number of carbonyl (C=O) groups excluding carboxylic acids is 2. The summed E-state index contributed by atoms with van der Waals surface area (Å²) < 4.78 is 0. The highest BCUT2D eigenvalue weighted by Gasteiger charge is 2.28. The van der Waals surface area contributed by atoms with Gasteiger partial charge in [-0.2, -0.15) is 0 Å². The molecule has 0 bridgehead atoms. The first-order valence-corrected chi connectivity index (χ1v) is 9.55. The number of nitrogens with one attached hydrogen (secondary N) is 3. The molecule has 144 valence electrons. The molecule has 1 aromatic rings. The number of rotatable bonds is 8. The maximum Gasteiger partial charge on any atom is 0.243 e. The van der Waals surface area contributed by atoms with E-state index in [2.05, 4.69) is 16.0 Å². The van der Waals surface area contributed by atoms with Gasteiger partial charge in [-0.05, 0) is 56.7 Å². The number of amides is 2. The molecule has 26 heavy (non-hydrogen) atoms. The molecule has 1 heterocycles. The first-order chi connectivity index (χ1) is 12.2. The summed E-state index contributed by atoms with van der Waals surface area (Å²) in [6, 6.07) is 9.70. The first kappa shape index (κ1) is 20.7. The summed E-state index contributed by atoms with van der Waals surface area (Å²) in [6.45, 7) is 2.10. The lowest BCUT2D eigenvalue weighted by Crippen LogP contribution is -2.48. The van der Waals surface area contributed by atoms with Crippen LogP contribution in [0.15, 0.2) is 30.3 Å². The molecule has 0 radical (unpaired) electrons. The summed E-state index contributed by atoms with van der Waals surface area (Å²) in [7, 11) is 0. The number of carbonyl (C=O) groups is 2. The Morgan fingerprint density at radius 3 is 2.42 bits per heavy atom. The fourth-order valence-corrected chi connectivity index (χ4v) is 3.36. The fourth-order valence-electron chi connectivity index (χ4n) is 3.36. The molecule has 1 saturated carbocycles. The van der Waals surface area contributed by atoms with E-state index in [1.807, 2.05) is 30.3 Å². The molecule has 2 aliphatic rings. The van der Waals surface area contributed by atoms with Gasteiger partial charge in [-0.15, -0.1) is 12.4 Å². The molecule has 1 saturated heterocycles. The summed E-state index contributed by atoms with van der Waals surface area (Å²) in [5.74, 6) is 0.562. The Labute approximate surface area is 162 Å². The fraction of sp³-hybridized carbons (Fsp3) is 0.600. The second-order valence-corrected chi connectivity index (χ2v) is 7.32. The standard InChI is InChI=1S/C20H29N3O2.ClH/c24-19(9-6-15-10-12-21-13-11-15)23-18(20(25)22-17-7-8-17)14-16-4-2-1-3-5-16;/h1-5,15,17-18,21H,6-14H2,(H,22,25)(H,23,24);1H. The third-order valence-electron chi connectivity index (χ3n) is 5.10. The summed E-state index contributed by atoms with van der Waals surface area (Å²) in [5, 5.41) is 9.34. The third-order valence-corrected chi connectivity index (χ3v) is 5.10. The lowest BCUT2D eigenvalue weighted by molar-refractivity contribution is -0.129. The molecule has 3 rings (SSSR count). The number of hydrogen-bond acceptors (Lipinski definition) is 3. The van der Waals surface area contributed by atoms with E-state index >= 15 is 0 Å². The van der Waals surface area contributed by atoms with Crippen molar-refractivity contribution in [3.05, 3.63) is 35.9 Å². The Morgan fingerprint density at radius 2 is 1.77 bits per heavy atom. The van der Waals surface area contributed by atoms with Crippen LogP contribution in [0.3, 0.4) is 0 Å². The van der Waals surface area contributed by atoms with Crippen LogP contribution in [0.25, 0.3) is 0 Å². The molecule has 2 fully saturated rings. The molecule has 1 aliphatic heterocycles. The first-order valence-electron chi connectivity index (χ1n) is 9.55. The topological polar surface area (TPSA) is 70.2 Å². The predicted molar refractivity (Wildman–Crippen MR) is 105 cm³/mol. The minimum absolute atomic E-state index is 0. The Morgan fingerprint density at radius 1 is 1.08 bits per heavy atom. The molecular formula is C20H30ClN3O2. The van der Waals surface area contributed by atoms with Crippen molar-refractivity contribution in [3.63, 3.8) is 0 Å². The van der Waals surface area contributed by atoms with Crippen molar-refractivity contribution < 1.29 is 9.59 Å². The van der Waals surface area contributed by atoms with Crippen LogP contribution in [-0.4, -0.2) is 37.0 Å². The molecule has 5 nitrogen and oxygen atoms in total. The van der Waals surface area contributed by atoms with Crippen molar-refractivity contribution in [2.24, 2.45) is 5.92 Å². The molecule has 3 N–H and O–H groups in total. The van der Waals surface area contributed by atoms with Gasteiger partial charge in [-0.25, -0.2) is 0 Å². The lowest BCUT2D eigenvalue weighted by atomic mass is 9.93. The lowest BCUT2D eigenvalue weighted by Gasteiger charge is -2.23. The van der Waals surface area contributed by atoms with Gasteiger partial charge in [0, 0.05) is 18.9 Å². The zero-order chi connectivity index (χ0) is 17.5. The van der Waals surface area contributed by atoms with Gasteiger partial charge < -0.3 is 16.0 Å². The van der Waals surface area contributed by atoms with E-state index in [1.165, 1.54) is 0 Å². The largest absolute Gasteiger partial charge is 0.352 e. The molecule has 1 unspecified atom stereocenters. The van der Waals surface area contributed by atoms with Crippen LogP contribution >= 0.6 is 12.4 Å². The monoisotopic (exact) mass is 379 g/mol. The number of halogens is 1. The number of hydrogen-bond donors (Lipinski definition) is 3. The van der Waals surface area contributed by atoms with Crippen molar-refractivity contribution >= 4 is 24.2 Å². The van der Waals surface area contributed by atoms with Crippen molar-refractivity contribution in [1.29, 1.82) is 0 Å². The average Bonchev–Trinajstić information content (AvgIpc) is 3.45. The summed E-state index contributed by atoms with van der Waals surface area (Å²) >= 11 is 0. The maximum absolute atomic E-state index is 12.5. The van der Waals surface area contributed by atoms with Crippen molar-refractivity contribution in [2.45, 2.75) is 57.0 Å². The van der Waals surface area contributed by atoms with Crippen molar-refractivity contribution in [3.8, 4) is 0 Å². The second-order valence-electron chi connectivity index (χ2n) is 7.32. The maximum atomic E-state index is 12.5. The zero-order valence-corrected chi connectivity index (χ0v) is 16.0. The van der Waals surface area contributed by atoms with Gasteiger partial charge in [0.15, 0.2) is 0 Å². The van der Waals surface area contributed by atoms with Gasteiger partial charge >= 0.3 is 0 Å². The zero-order valence-electron chi connectivity index (χ0n) is 15.2. The van der Waals surface area contributed by atoms with E-state index in [0.717, 1.165) is 50.8 Å². The molecule has 1 aliphatic carbocycles. The Bertz CT molecular complexity index is 572. The third kappa shape index (κ3) is 6.96. The van der Waals surface area contributed by atoms with Gasteiger partial charge in [0.25, 0.3) is 0 Å². The van der Waals surface area contributed by atoms with E-state index in [1.54, 1.807) is 0 Å². The summed E-state index contributed by atoms with van der Waals surface area (Å²) in [4.78, 5) is 24.9. The molecule has 6 heteroatoms. The smallest absolute Gasteiger partial charge is 0.243 e. The van der Waals surface area contributed by atoms with E-state index in [4.69, 9.17) is 0 Å². The Hall–Kier alpha value is -1.59. The van der Waals surface area contributed by atoms with E-state index < -0.39 is 6.04 Å². The van der Waals surface area contributed by atoms with Crippen LogP contribution in [0.2, 0.25) is 0 Å². The van der Waals surface area contributed by atoms with Crippen molar-refractivity contribution in [2.75, 3.05) is 13.1 Å². The average molecular weight is 380 g/mol. The molecular weight excluding hydrogens is 350 g/mol. The number of piperidine rings is 1. The normalized spacial score (nSPS) is 18.5. The van der Waals surface area contributed by atoms with Gasteiger partial charge in [-0.3, -0.25) is 9.59 Å². The highest BCUT2D eigenvalue weighted by Crippen LogP contribution is 2.19. The van der Waals surface area contributed by atoms with Crippen LogP contribution in [0, 0.1) is 5.92 Å². The minimum Gasteiger partial charge on any atom is -0.352 e. The minimum atomic E-state index is -0.483. The van der Waals surface area contributed by atoms with Gasteiger partial charge in [0.05, 0.1) is 0 Å².